The summed E-state index contributed by atoms with van der Waals surface area (Å²) in [4.78, 5) is 42.2. The molecule has 0 amide bonds. The maximum atomic E-state index is 13.4. The van der Waals surface area contributed by atoms with Crippen molar-refractivity contribution in [3.63, 3.8) is 0 Å². The topological polar surface area (TPSA) is 87.0 Å². The molecule has 0 aliphatic carbocycles. The van der Waals surface area contributed by atoms with Crippen LogP contribution in [0.25, 0.3) is 6.08 Å². The fraction of sp³-hybridized carbons (Fsp3) is 0.167. The van der Waals surface area contributed by atoms with E-state index in [2.05, 4.69) is 4.99 Å². The molecule has 4 rings (SSSR count). The van der Waals surface area contributed by atoms with Gasteiger partial charge in [0.1, 0.15) is 11.6 Å². The molecule has 0 N–H and O–H groups in total. The van der Waals surface area contributed by atoms with Crippen LogP contribution in [-0.4, -0.2) is 23.6 Å². The van der Waals surface area contributed by atoms with E-state index in [1.54, 1.807) is 49.4 Å². The number of hydrogen-bond donors (Lipinski definition) is 0. The van der Waals surface area contributed by atoms with Crippen LogP contribution in [0, 0.1) is 5.82 Å². The number of thiazole rings is 1. The van der Waals surface area contributed by atoms with Gasteiger partial charge in [-0.25, -0.2) is 14.2 Å². The zero-order chi connectivity index (χ0) is 23.7. The van der Waals surface area contributed by atoms with Crippen molar-refractivity contribution in [2.45, 2.75) is 19.9 Å². The molecule has 0 saturated carbocycles. The Balaban J connectivity index is 1.90. The lowest BCUT2D eigenvalue weighted by molar-refractivity contribution is -0.136. The van der Waals surface area contributed by atoms with Crippen LogP contribution in [0.3, 0.4) is 0 Å². The molecule has 33 heavy (non-hydrogen) atoms. The summed E-state index contributed by atoms with van der Waals surface area (Å²) in [6.45, 7) is 2.98. The Morgan fingerprint density at radius 3 is 2.39 bits per heavy atom. The van der Waals surface area contributed by atoms with Crippen molar-refractivity contribution in [1.29, 1.82) is 0 Å². The summed E-state index contributed by atoms with van der Waals surface area (Å²) in [5, 5.41) is 0. The van der Waals surface area contributed by atoms with Gasteiger partial charge in [0.2, 0.25) is 0 Å². The maximum Gasteiger partial charge on any atom is 0.338 e. The van der Waals surface area contributed by atoms with Crippen LogP contribution >= 0.6 is 11.3 Å². The lowest BCUT2D eigenvalue weighted by atomic mass is 9.96. The van der Waals surface area contributed by atoms with E-state index >= 15 is 0 Å². The highest BCUT2D eigenvalue weighted by Crippen LogP contribution is 2.31. The van der Waals surface area contributed by atoms with E-state index in [-0.39, 0.29) is 16.9 Å². The van der Waals surface area contributed by atoms with Crippen LogP contribution in [0.1, 0.15) is 31.0 Å². The number of allylic oxidation sites excluding steroid dienone is 1. The lowest BCUT2D eigenvalue weighted by Crippen LogP contribution is -2.39. The molecule has 0 bridgehead atoms. The third kappa shape index (κ3) is 4.40. The molecule has 0 spiro atoms. The maximum absolute atomic E-state index is 13.4. The number of benzene rings is 2. The van der Waals surface area contributed by atoms with Gasteiger partial charge in [-0.3, -0.25) is 14.2 Å². The van der Waals surface area contributed by atoms with Crippen molar-refractivity contribution in [3.05, 3.63) is 96.4 Å². The van der Waals surface area contributed by atoms with Gasteiger partial charge in [0, 0.05) is 6.92 Å². The van der Waals surface area contributed by atoms with Crippen molar-refractivity contribution in [1.82, 2.24) is 4.57 Å². The van der Waals surface area contributed by atoms with Crippen molar-refractivity contribution < 1.29 is 23.5 Å². The van der Waals surface area contributed by atoms with Crippen LogP contribution in [0.4, 0.5) is 4.39 Å². The smallest absolute Gasteiger partial charge is 0.338 e. The molecule has 2 heterocycles. The quantitative estimate of drug-likeness (QED) is 0.436. The Morgan fingerprint density at radius 2 is 1.79 bits per heavy atom. The number of aromatic nitrogens is 1. The number of carbonyl (C=O) groups excluding carboxylic acids is 2. The highest BCUT2D eigenvalue weighted by molar-refractivity contribution is 7.07. The normalized spacial score (nSPS) is 15.6. The average molecular weight is 466 g/mol. The average Bonchev–Trinajstić information content (AvgIpc) is 3.08. The van der Waals surface area contributed by atoms with Crippen LogP contribution in [0.5, 0.6) is 5.75 Å². The van der Waals surface area contributed by atoms with E-state index in [9.17, 15) is 18.8 Å². The first kappa shape index (κ1) is 22.3. The Labute approximate surface area is 191 Å². The third-order valence-electron chi connectivity index (χ3n) is 5.05. The van der Waals surface area contributed by atoms with E-state index in [1.807, 2.05) is 0 Å². The largest absolute Gasteiger partial charge is 0.466 e. The van der Waals surface area contributed by atoms with Crippen molar-refractivity contribution >= 4 is 29.4 Å². The van der Waals surface area contributed by atoms with E-state index < -0.39 is 18.0 Å². The molecule has 168 valence electrons. The molecule has 7 nitrogen and oxygen atoms in total. The summed E-state index contributed by atoms with van der Waals surface area (Å²) in [7, 11) is 1.27. The number of ether oxygens (including phenoxy) is 2. The van der Waals surface area contributed by atoms with Gasteiger partial charge >= 0.3 is 11.9 Å². The summed E-state index contributed by atoms with van der Waals surface area (Å²) < 4.78 is 25.1. The molecular formula is C24H19FN2O5S. The Kier molecular flexibility index (Phi) is 6.06. The molecule has 0 fully saturated rings. The summed E-state index contributed by atoms with van der Waals surface area (Å²) in [6, 6.07) is 11.5. The summed E-state index contributed by atoms with van der Waals surface area (Å²) in [5.41, 5.74) is 1.61. The SMILES string of the molecule is COC(=O)C1=C(C)N=c2sc(=Cc3ccc(F)cc3)c(=O)n2[C@@H]1c1ccc(OC(C)=O)cc1. The van der Waals surface area contributed by atoms with Gasteiger partial charge in [-0.1, -0.05) is 35.6 Å². The van der Waals surface area contributed by atoms with Crippen LogP contribution in [-0.2, 0) is 14.3 Å². The second-order valence-electron chi connectivity index (χ2n) is 7.29. The minimum Gasteiger partial charge on any atom is -0.466 e. The molecule has 0 saturated heterocycles. The molecule has 0 unspecified atom stereocenters. The van der Waals surface area contributed by atoms with Crippen LogP contribution in [0.2, 0.25) is 0 Å². The highest BCUT2D eigenvalue weighted by atomic mass is 32.1. The minimum absolute atomic E-state index is 0.235. The molecular weight excluding hydrogens is 447 g/mol. The van der Waals surface area contributed by atoms with Gasteiger partial charge in [-0.2, -0.15) is 0 Å². The predicted molar refractivity (Wildman–Crippen MR) is 120 cm³/mol. The van der Waals surface area contributed by atoms with Gasteiger partial charge in [0.15, 0.2) is 4.80 Å². The molecule has 3 aromatic rings. The number of nitrogens with zero attached hydrogens (tertiary/aromatic N) is 2. The van der Waals surface area contributed by atoms with Gasteiger partial charge in [0.25, 0.3) is 5.56 Å². The third-order valence-corrected chi connectivity index (χ3v) is 6.04. The zero-order valence-corrected chi connectivity index (χ0v) is 18.8. The molecule has 2 aromatic carbocycles. The van der Waals surface area contributed by atoms with Crippen LogP contribution in [0.15, 0.2) is 69.6 Å². The number of hydrogen-bond acceptors (Lipinski definition) is 7. The number of methoxy groups -OCH3 is 1. The fourth-order valence-electron chi connectivity index (χ4n) is 3.60. The Hall–Kier alpha value is -3.85. The monoisotopic (exact) mass is 466 g/mol. The van der Waals surface area contributed by atoms with Gasteiger partial charge in [-0.15, -0.1) is 0 Å². The Bertz CT molecular complexity index is 1450. The van der Waals surface area contributed by atoms with Crippen LogP contribution < -0.4 is 19.6 Å². The van der Waals surface area contributed by atoms with Crippen molar-refractivity contribution in [2.75, 3.05) is 7.11 Å². The van der Waals surface area contributed by atoms with Crippen molar-refractivity contribution in [2.24, 2.45) is 4.99 Å². The number of carbonyl (C=O) groups is 2. The Morgan fingerprint density at radius 1 is 1.12 bits per heavy atom. The number of rotatable bonds is 4. The molecule has 9 heteroatoms. The van der Waals surface area contributed by atoms with Gasteiger partial charge in [-0.05, 0) is 48.4 Å². The minimum atomic E-state index is -0.782. The molecule has 1 atom stereocenters. The zero-order valence-electron chi connectivity index (χ0n) is 18.0. The van der Waals surface area contributed by atoms with E-state index in [0.29, 0.717) is 31.9 Å². The first-order valence-corrected chi connectivity index (χ1v) is 10.7. The second-order valence-corrected chi connectivity index (χ2v) is 8.30. The summed E-state index contributed by atoms with van der Waals surface area (Å²) in [6.07, 6.45) is 1.65. The lowest BCUT2D eigenvalue weighted by Gasteiger charge is -2.24. The van der Waals surface area contributed by atoms with E-state index in [0.717, 1.165) is 0 Å². The molecule has 0 radical (unpaired) electrons. The molecule has 1 aliphatic heterocycles. The first-order chi connectivity index (χ1) is 15.8. The summed E-state index contributed by atoms with van der Waals surface area (Å²) in [5.74, 6) is -1.08. The summed E-state index contributed by atoms with van der Waals surface area (Å²) >= 11 is 1.17. The number of halogens is 1. The fourth-order valence-corrected chi connectivity index (χ4v) is 4.65. The number of esters is 2. The van der Waals surface area contributed by atoms with E-state index in [4.69, 9.17) is 9.47 Å². The van der Waals surface area contributed by atoms with Gasteiger partial charge in [0.05, 0.1) is 29.0 Å². The first-order valence-electron chi connectivity index (χ1n) is 9.93. The standard InChI is InChI=1S/C24H19FN2O5S/c1-13-20(23(30)31-3)21(16-6-10-18(11-7-16)32-14(2)28)27-22(29)19(33-24(27)26-13)12-15-4-8-17(25)9-5-15/h4-12,21H,1-3H3/t21-/m1/s1. The van der Waals surface area contributed by atoms with Crippen molar-refractivity contribution in [3.8, 4) is 5.75 Å². The molecule has 1 aromatic heterocycles. The second kappa shape index (κ2) is 8.95. The predicted octanol–water partition coefficient (Wildman–Crippen LogP) is 2.47. The highest BCUT2D eigenvalue weighted by Gasteiger charge is 2.33. The van der Waals surface area contributed by atoms with Gasteiger partial charge < -0.3 is 9.47 Å². The molecule has 1 aliphatic rings. The van der Waals surface area contributed by atoms with E-state index in [1.165, 1.54) is 42.1 Å². The number of fused-ring (bicyclic) bond motifs is 1.